The van der Waals surface area contributed by atoms with Crippen molar-refractivity contribution >= 4 is 11.8 Å². The van der Waals surface area contributed by atoms with E-state index >= 15 is 0 Å². The van der Waals surface area contributed by atoms with E-state index in [0.717, 1.165) is 30.9 Å². The van der Waals surface area contributed by atoms with Crippen molar-refractivity contribution in [3.63, 3.8) is 0 Å². The van der Waals surface area contributed by atoms with E-state index in [2.05, 4.69) is 58.7 Å². The Bertz CT molecular complexity index is 554. The van der Waals surface area contributed by atoms with Gasteiger partial charge in [0.15, 0.2) is 0 Å². The maximum Gasteiger partial charge on any atom is 0.224 e. The minimum Gasteiger partial charge on any atom is -0.369 e. The third-order valence-corrected chi connectivity index (χ3v) is 3.45. The van der Waals surface area contributed by atoms with Gasteiger partial charge in [-0.2, -0.15) is 4.98 Å². The van der Waals surface area contributed by atoms with Gasteiger partial charge in [0.05, 0.1) is 0 Å². The molecule has 21 heavy (non-hydrogen) atoms. The van der Waals surface area contributed by atoms with Crippen LogP contribution in [0.2, 0.25) is 0 Å². The Balaban J connectivity index is 1.99. The molecule has 1 aromatic carbocycles. The molecule has 0 aliphatic heterocycles. The Kier molecular flexibility index (Phi) is 5.55. The molecule has 0 spiro atoms. The van der Waals surface area contributed by atoms with Crippen molar-refractivity contribution in [1.82, 2.24) is 9.97 Å². The molecule has 2 N–H and O–H groups in total. The van der Waals surface area contributed by atoms with Gasteiger partial charge in [-0.25, -0.2) is 4.98 Å². The summed E-state index contributed by atoms with van der Waals surface area (Å²) in [7, 11) is 0. The summed E-state index contributed by atoms with van der Waals surface area (Å²) in [5.74, 6) is 2.04. The highest BCUT2D eigenvalue weighted by atomic mass is 15.1. The SMILES string of the molecule is CCCNc1ncc(C)c(NCC(C)c2ccccc2)n1. The van der Waals surface area contributed by atoms with Crippen molar-refractivity contribution < 1.29 is 0 Å². The molecule has 0 bridgehead atoms. The van der Waals surface area contributed by atoms with Gasteiger partial charge in [0.1, 0.15) is 5.82 Å². The van der Waals surface area contributed by atoms with Gasteiger partial charge in [-0.3, -0.25) is 0 Å². The smallest absolute Gasteiger partial charge is 0.224 e. The lowest BCUT2D eigenvalue weighted by Gasteiger charge is -2.15. The van der Waals surface area contributed by atoms with E-state index in [1.54, 1.807) is 0 Å². The Morgan fingerprint density at radius 3 is 2.62 bits per heavy atom. The lowest BCUT2D eigenvalue weighted by molar-refractivity contribution is 0.799. The van der Waals surface area contributed by atoms with Crippen molar-refractivity contribution in [3.8, 4) is 0 Å². The Labute approximate surface area is 127 Å². The van der Waals surface area contributed by atoms with Gasteiger partial charge < -0.3 is 10.6 Å². The van der Waals surface area contributed by atoms with Crippen LogP contribution in [0.4, 0.5) is 11.8 Å². The predicted molar refractivity (Wildman–Crippen MR) is 88.9 cm³/mol. The zero-order valence-electron chi connectivity index (χ0n) is 13.1. The van der Waals surface area contributed by atoms with Crippen molar-refractivity contribution in [2.45, 2.75) is 33.1 Å². The molecular formula is C17H24N4. The second-order valence-electron chi connectivity index (χ2n) is 5.34. The second kappa shape index (κ2) is 7.62. The average Bonchev–Trinajstić information content (AvgIpc) is 2.53. The molecule has 1 unspecified atom stereocenters. The number of nitrogens with one attached hydrogen (secondary N) is 2. The number of hydrogen-bond donors (Lipinski definition) is 2. The number of hydrogen-bond acceptors (Lipinski definition) is 4. The molecule has 1 aromatic heterocycles. The maximum atomic E-state index is 4.54. The topological polar surface area (TPSA) is 49.8 Å². The third-order valence-electron chi connectivity index (χ3n) is 3.45. The van der Waals surface area contributed by atoms with Gasteiger partial charge in [-0.05, 0) is 24.8 Å². The Morgan fingerprint density at radius 2 is 1.90 bits per heavy atom. The van der Waals surface area contributed by atoms with Crippen LogP contribution in [0.3, 0.4) is 0 Å². The molecule has 2 aromatic rings. The summed E-state index contributed by atoms with van der Waals surface area (Å²) in [6, 6.07) is 10.5. The number of rotatable bonds is 7. The molecule has 0 saturated heterocycles. The average molecular weight is 284 g/mol. The lowest BCUT2D eigenvalue weighted by Crippen LogP contribution is -2.13. The molecule has 0 fully saturated rings. The zero-order chi connectivity index (χ0) is 15.1. The molecule has 0 saturated carbocycles. The van der Waals surface area contributed by atoms with Crippen LogP contribution in [0.25, 0.3) is 0 Å². The molecule has 2 rings (SSSR count). The van der Waals surface area contributed by atoms with Crippen LogP contribution in [-0.4, -0.2) is 23.1 Å². The first-order valence-electron chi connectivity index (χ1n) is 7.57. The summed E-state index contributed by atoms with van der Waals surface area (Å²) in [5, 5.41) is 6.66. The maximum absolute atomic E-state index is 4.54. The summed E-state index contributed by atoms with van der Waals surface area (Å²) in [5.41, 5.74) is 2.40. The van der Waals surface area contributed by atoms with Gasteiger partial charge in [0.25, 0.3) is 0 Å². The Hall–Kier alpha value is -2.10. The number of anilines is 2. The molecule has 0 amide bonds. The van der Waals surface area contributed by atoms with Crippen LogP contribution < -0.4 is 10.6 Å². The second-order valence-corrected chi connectivity index (χ2v) is 5.34. The zero-order valence-corrected chi connectivity index (χ0v) is 13.1. The molecule has 0 aliphatic carbocycles. The minimum atomic E-state index is 0.438. The number of nitrogens with zero attached hydrogens (tertiary/aromatic N) is 2. The van der Waals surface area contributed by atoms with Crippen molar-refractivity contribution in [1.29, 1.82) is 0 Å². The summed E-state index contributed by atoms with van der Waals surface area (Å²) < 4.78 is 0. The van der Waals surface area contributed by atoms with E-state index in [0.29, 0.717) is 11.9 Å². The summed E-state index contributed by atoms with van der Waals surface area (Å²) in [6.07, 6.45) is 2.92. The monoisotopic (exact) mass is 284 g/mol. The molecule has 0 radical (unpaired) electrons. The van der Waals surface area contributed by atoms with E-state index in [1.807, 2.05) is 19.2 Å². The van der Waals surface area contributed by atoms with Crippen molar-refractivity contribution in [3.05, 3.63) is 47.7 Å². The van der Waals surface area contributed by atoms with Crippen LogP contribution in [0, 0.1) is 6.92 Å². The van der Waals surface area contributed by atoms with E-state index in [9.17, 15) is 0 Å². The van der Waals surface area contributed by atoms with Crippen LogP contribution in [-0.2, 0) is 0 Å². The van der Waals surface area contributed by atoms with Crippen molar-refractivity contribution in [2.75, 3.05) is 23.7 Å². The van der Waals surface area contributed by atoms with E-state index in [-0.39, 0.29) is 0 Å². The molecule has 4 nitrogen and oxygen atoms in total. The van der Waals surface area contributed by atoms with Crippen molar-refractivity contribution in [2.24, 2.45) is 0 Å². The first kappa shape index (κ1) is 15.3. The quantitative estimate of drug-likeness (QED) is 0.811. The fourth-order valence-corrected chi connectivity index (χ4v) is 2.09. The molecule has 1 heterocycles. The first-order valence-corrected chi connectivity index (χ1v) is 7.57. The summed E-state index contributed by atoms with van der Waals surface area (Å²) >= 11 is 0. The first-order chi connectivity index (χ1) is 10.2. The van der Waals surface area contributed by atoms with E-state index in [1.165, 1.54) is 5.56 Å². The molecule has 4 heteroatoms. The largest absolute Gasteiger partial charge is 0.369 e. The molecule has 0 aliphatic rings. The summed E-state index contributed by atoms with van der Waals surface area (Å²) in [4.78, 5) is 8.84. The Morgan fingerprint density at radius 1 is 1.14 bits per heavy atom. The number of aryl methyl sites for hydroxylation is 1. The highest BCUT2D eigenvalue weighted by Crippen LogP contribution is 2.17. The highest BCUT2D eigenvalue weighted by molar-refractivity contribution is 5.46. The van der Waals surface area contributed by atoms with Gasteiger partial charge in [-0.1, -0.05) is 44.2 Å². The van der Waals surface area contributed by atoms with Crippen LogP contribution in [0.15, 0.2) is 36.5 Å². The third kappa shape index (κ3) is 4.45. The fraction of sp³-hybridized carbons (Fsp3) is 0.412. The van der Waals surface area contributed by atoms with Crippen LogP contribution >= 0.6 is 0 Å². The number of aromatic nitrogens is 2. The van der Waals surface area contributed by atoms with Crippen LogP contribution in [0.1, 0.15) is 37.3 Å². The normalized spacial score (nSPS) is 12.0. The van der Waals surface area contributed by atoms with E-state index < -0.39 is 0 Å². The van der Waals surface area contributed by atoms with E-state index in [4.69, 9.17) is 0 Å². The van der Waals surface area contributed by atoms with Gasteiger partial charge in [0, 0.05) is 24.8 Å². The molecule has 112 valence electrons. The minimum absolute atomic E-state index is 0.438. The molecular weight excluding hydrogens is 260 g/mol. The highest BCUT2D eigenvalue weighted by Gasteiger charge is 2.07. The molecule has 1 atom stereocenters. The fourth-order valence-electron chi connectivity index (χ4n) is 2.09. The number of benzene rings is 1. The van der Waals surface area contributed by atoms with Gasteiger partial charge in [0.2, 0.25) is 5.95 Å². The van der Waals surface area contributed by atoms with Gasteiger partial charge in [-0.15, -0.1) is 0 Å². The van der Waals surface area contributed by atoms with Gasteiger partial charge >= 0.3 is 0 Å². The van der Waals surface area contributed by atoms with Crippen LogP contribution in [0.5, 0.6) is 0 Å². The predicted octanol–water partition coefficient (Wildman–Crippen LogP) is 3.82. The summed E-state index contributed by atoms with van der Waals surface area (Å²) in [6.45, 7) is 8.12. The standard InChI is InChI=1S/C17H24N4/c1-4-10-18-17-20-12-14(3)16(21-17)19-11-13(2)15-8-6-5-7-9-15/h5-9,12-13H,4,10-11H2,1-3H3,(H2,18,19,20,21). The lowest BCUT2D eigenvalue weighted by atomic mass is 10.0.